The van der Waals surface area contributed by atoms with Crippen LogP contribution in [-0.4, -0.2) is 30.3 Å². The number of nitrogens with one attached hydrogen (secondary N) is 1. The van der Waals surface area contributed by atoms with Crippen LogP contribution in [0.4, 0.5) is 0 Å². The van der Waals surface area contributed by atoms with Crippen molar-refractivity contribution < 1.29 is 14.6 Å². The highest BCUT2D eigenvalue weighted by Gasteiger charge is 2.21. The maximum atomic E-state index is 12.2. The number of aliphatic hydroxyl groups excluding tert-OH is 1. The summed E-state index contributed by atoms with van der Waals surface area (Å²) in [6.45, 7) is 11.1. The number of benzene rings is 1. The summed E-state index contributed by atoms with van der Waals surface area (Å²) in [5.74, 6) is 1.04. The molecule has 0 fully saturated rings. The zero-order chi connectivity index (χ0) is 16.8. The Morgan fingerprint density at radius 2 is 2.00 bits per heavy atom. The molecule has 0 aliphatic rings. The first-order valence-corrected chi connectivity index (χ1v) is 7.89. The van der Waals surface area contributed by atoms with Crippen molar-refractivity contribution in [2.75, 3.05) is 13.2 Å². The summed E-state index contributed by atoms with van der Waals surface area (Å²) in [5.41, 5.74) is 0.448. The van der Waals surface area contributed by atoms with E-state index in [0.29, 0.717) is 36.8 Å². The molecule has 0 aromatic heterocycles. The lowest BCUT2D eigenvalue weighted by atomic mass is 9.87. The summed E-state index contributed by atoms with van der Waals surface area (Å²) >= 11 is 0. The maximum absolute atomic E-state index is 12.2. The Kier molecular flexibility index (Phi) is 6.88. The van der Waals surface area contributed by atoms with Gasteiger partial charge in [0.15, 0.2) is 0 Å². The molecule has 1 unspecified atom stereocenters. The molecule has 0 saturated carbocycles. The Labute approximate surface area is 133 Å². The normalized spacial score (nSPS) is 13.0. The highest BCUT2D eigenvalue weighted by molar-refractivity contribution is 5.94. The zero-order valence-electron chi connectivity index (χ0n) is 14.3. The SMILES string of the molecule is CC(C)COc1cccc(C(=O)NCC(C)(C)CC(C)O)c1. The summed E-state index contributed by atoms with van der Waals surface area (Å²) in [7, 11) is 0. The maximum Gasteiger partial charge on any atom is 0.251 e. The van der Waals surface area contributed by atoms with E-state index in [9.17, 15) is 9.90 Å². The van der Waals surface area contributed by atoms with Crippen molar-refractivity contribution in [3.8, 4) is 5.75 Å². The third kappa shape index (κ3) is 6.94. The van der Waals surface area contributed by atoms with Crippen molar-refractivity contribution in [3.63, 3.8) is 0 Å². The van der Waals surface area contributed by atoms with Crippen molar-refractivity contribution in [3.05, 3.63) is 29.8 Å². The number of hydrogen-bond acceptors (Lipinski definition) is 3. The standard InChI is InChI=1S/C18H29NO3/c1-13(2)11-22-16-8-6-7-15(9-16)17(21)19-12-18(4,5)10-14(3)20/h6-9,13-14,20H,10-12H2,1-5H3,(H,19,21). The van der Waals surface area contributed by atoms with Gasteiger partial charge in [-0.15, -0.1) is 0 Å². The fourth-order valence-electron chi connectivity index (χ4n) is 2.28. The molecule has 2 N–H and O–H groups in total. The van der Waals surface area contributed by atoms with Gasteiger partial charge < -0.3 is 15.2 Å². The second-order valence-electron chi connectivity index (χ2n) is 7.13. The predicted octanol–water partition coefficient (Wildman–Crippen LogP) is 3.25. The summed E-state index contributed by atoms with van der Waals surface area (Å²) in [6, 6.07) is 7.22. The number of hydrogen-bond donors (Lipinski definition) is 2. The fourth-order valence-corrected chi connectivity index (χ4v) is 2.28. The van der Waals surface area contributed by atoms with E-state index in [2.05, 4.69) is 19.2 Å². The molecule has 124 valence electrons. The monoisotopic (exact) mass is 307 g/mol. The Morgan fingerprint density at radius 3 is 2.59 bits per heavy atom. The molecule has 1 aromatic rings. The Bertz CT molecular complexity index is 481. The summed E-state index contributed by atoms with van der Waals surface area (Å²) < 4.78 is 5.64. The van der Waals surface area contributed by atoms with E-state index in [0.717, 1.165) is 0 Å². The lowest BCUT2D eigenvalue weighted by Crippen LogP contribution is -2.35. The number of rotatable bonds is 8. The minimum absolute atomic E-state index is 0.117. The molecule has 4 heteroatoms. The molecular weight excluding hydrogens is 278 g/mol. The molecule has 4 nitrogen and oxygen atoms in total. The van der Waals surface area contributed by atoms with Gasteiger partial charge in [-0.1, -0.05) is 33.8 Å². The van der Waals surface area contributed by atoms with E-state index >= 15 is 0 Å². The lowest BCUT2D eigenvalue weighted by Gasteiger charge is -2.26. The van der Waals surface area contributed by atoms with Gasteiger partial charge in [-0.2, -0.15) is 0 Å². The van der Waals surface area contributed by atoms with Gasteiger partial charge >= 0.3 is 0 Å². The highest BCUT2D eigenvalue weighted by atomic mass is 16.5. The van der Waals surface area contributed by atoms with E-state index in [1.54, 1.807) is 19.1 Å². The van der Waals surface area contributed by atoms with Crippen LogP contribution < -0.4 is 10.1 Å². The molecule has 0 saturated heterocycles. The van der Waals surface area contributed by atoms with Gasteiger partial charge in [0.05, 0.1) is 12.7 Å². The number of amides is 1. The minimum atomic E-state index is -0.375. The first-order chi connectivity index (χ1) is 10.2. The molecule has 0 heterocycles. The largest absolute Gasteiger partial charge is 0.493 e. The van der Waals surface area contributed by atoms with E-state index in [1.165, 1.54) is 0 Å². The summed E-state index contributed by atoms with van der Waals surface area (Å²) in [4.78, 5) is 12.2. The summed E-state index contributed by atoms with van der Waals surface area (Å²) in [5, 5.41) is 12.4. The van der Waals surface area contributed by atoms with E-state index < -0.39 is 0 Å². The molecule has 0 spiro atoms. The number of aliphatic hydroxyl groups is 1. The molecule has 1 aromatic carbocycles. The van der Waals surface area contributed by atoms with Crippen LogP contribution in [-0.2, 0) is 0 Å². The van der Waals surface area contributed by atoms with Crippen LogP contribution in [0.2, 0.25) is 0 Å². The highest BCUT2D eigenvalue weighted by Crippen LogP contribution is 2.21. The average molecular weight is 307 g/mol. The van der Waals surface area contributed by atoms with Crippen LogP contribution in [0.1, 0.15) is 51.4 Å². The minimum Gasteiger partial charge on any atom is -0.493 e. The number of carbonyl (C=O) groups is 1. The number of carbonyl (C=O) groups excluding carboxylic acids is 1. The molecule has 0 bridgehead atoms. The first-order valence-electron chi connectivity index (χ1n) is 7.89. The van der Waals surface area contributed by atoms with Crippen LogP contribution >= 0.6 is 0 Å². The van der Waals surface area contributed by atoms with E-state index in [-0.39, 0.29) is 17.4 Å². The quantitative estimate of drug-likeness (QED) is 0.775. The smallest absolute Gasteiger partial charge is 0.251 e. The molecule has 1 amide bonds. The van der Waals surface area contributed by atoms with Crippen molar-refractivity contribution in [1.29, 1.82) is 0 Å². The molecule has 0 aliphatic heterocycles. The van der Waals surface area contributed by atoms with Gasteiger partial charge in [-0.3, -0.25) is 4.79 Å². The zero-order valence-corrected chi connectivity index (χ0v) is 14.3. The average Bonchev–Trinajstić information content (AvgIpc) is 2.41. The van der Waals surface area contributed by atoms with Crippen LogP contribution in [0.5, 0.6) is 5.75 Å². The van der Waals surface area contributed by atoms with E-state index in [4.69, 9.17) is 4.74 Å². The van der Waals surface area contributed by atoms with Crippen LogP contribution in [0.15, 0.2) is 24.3 Å². The topological polar surface area (TPSA) is 58.6 Å². The Balaban J connectivity index is 2.60. The van der Waals surface area contributed by atoms with Crippen molar-refractivity contribution in [2.45, 2.75) is 47.1 Å². The first kappa shape index (κ1) is 18.5. The van der Waals surface area contributed by atoms with Crippen molar-refractivity contribution in [1.82, 2.24) is 5.32 Å². The van der Waals surface area contributed by atoms with Gasteiger partial charge in [-0.25, -0.2) is 0 Å². The third-order valence-electron chi connectivity index (χ3n) is 3.26. The van der Waals surface area contributed by atoms with Crippen LogP contribution in [0.3, 0.4) is 0 Å². The second-order valence-corrected chi connectivity index (χ2v) is 7.13. The van der Waals surface area contributed by atoms with Gasteiger partial charge in [0.2, 0.25) is 0 Å². The van der Waals surface area contributed by atoms with E-state index in [1.807, 2.05) is 26.0 Å². The van der Waals surface area contributed by atoms with Crippen LogP contribution in [0, 0.1) is 11.3 Å². The lowest BCUT2D eigenvalue weighted by molar-refractivity contribution is 0.0901. The molecule has 22 heavy (non-hydrogen) atoms. The molecule has 0 radical (unpaired) electrons. The van der Waals surface area contributed by atoms with Gasteiger partial charge in [0.25, 0.3) is 5.91 Å². The molecule has 1 rings (SSSR count). The van der Waals surface area contributed by atoms with Gasteiger partial charge in [0.1, 0.15) is 5.75 Å². The predicted molar refractivity (Wildman–Crippen MR) is 89.2 cm³/mol. The third-order valence-corrected chi connectivity index (χ3v) is 3.26. The van der Waals surface area contributed by atoms with Gasteiger partial charge in [0, 0.05) is 12.1 Å². The fraction of sp³-hybridized carbons (Fsp3) is 0.611. The number of ether oxygens (including phenoxy) is 1. The van der Waals surface area contributed by atoms with Gasteiger partial charge in [-0.05, 0) is 42.9 Å². The summed E-state index contributed by atoms with van der Waals surface area (Å²) in [6.07, 6.45) is 0.268. The second kappa shape index (κ2) is 8.18. The molecule has 1 atom stereocenters. The molecule has 0 aliphatic carbocycles. The Morgan fingerprint density at radius 1 is 1.32 bits per heavy atom. The van der Waals surface area contributed by atoms with Crippen molar-refractivity contribution in [2.24, 2.45) is 11.3 Å². The van der Waals surface area contributed by atoms with Crippen molar-refractivity contribution >= 4 is 5.91 Å². The molecular formula is C18H29NO3. The Hall–Kier alpha value is -1.55. The van der Waals surface area contributed by atoms with Crippen LogP contribution in [0.25, 0.3) is 0 Å².